The van der Waals surface area contributed by atoms with Crippen LogP contribution in [0.1, 0.15) is 38.1 Å². The van der Waals surface area contributed by atoms with Crippen molar-refractivity contribution in [1.82, 2.24) is 28.6 Å². The lowest BCUT2D eigenvalue weighted by Gasteiger charge is -2.31. The molecule has 11 heteroatoms. The minimum atomic E-state index is -3.58. The number of aryl methyl sites for hydroxylation is 1. The lowest BCUT2D eigenvalue weighted by atomic mass is 10.1. The minimum absolute atomic E-state index is 0.00788. The lowest BCUT2D eigenvalue weighted by Crippen LogP contribution is -2.42. The van der Waals surface area contributed by atoms with E-state index in [4.69, 9.17) is 4.98 Å². The summed E-state index contributed by atoms with van der Waals surface area (Å²) >= 11 is 0. The van der Waals surface area contributed by atoms with E-state index < -0.39 is 10.0 Å². The van der Waals surface area contributed by atoms with Crippen LogP contribution in [0.3, 0.4) is 0 Å². The molecular formula is C22H27N7O3S. The van der Waals surface area contributed by atoms with Gasteiger partial charge in [-0.05, 0) is 56.1 Å². The van der Waals surface area contributed by atoms with E-state index in [1.807, 2.05) is 4.57 Å². The molecule has 6 rings (SSSR count). The predicted octanol–water partition coefficient (Wildman–Crippen LogP) is 1.76. The van der Waals surface area contributed by atoms with Crippen molar-refractivity contribution in [1.29, 1.82) is 0 Å². The van der Waals surface area contributed by atoms with Crippen molar-refractivity contribution in [3.63, 3.8) is 0 Å². The number of hydrogen-bond acceptors (Lipinski definition) is 7. The molecular weight excluding hydrogens is 442 g/mol. The highest BCUT2D eigenvalue weighted by Gasteiger charge is 2.47. The fourth-order valence-corrected chi connectivity index (χ4v) is 6.86. The molecule has 0 bridgehead atoms. The number of anilines is 1. The van der Waals surface area contributed by atoms with E-state index >= 15 is 0 Å². The van der Waals surface area contributed by atoms with E-state index in [0.717, 1.165) is 30.1 Å². The van der Waals surface area contributed by atoms with Gasteiger partial charge in [0.15, 0.2) is 5.03 Å². The van der Waals surface area contributed by atoms with Gasteiger partial charge >= 0.3 is 0 Å². The smallest absolute Gasteiger partial charge is 0.262 e. The second-order valence-electron chi connectivity index (χ2n) is 9.55. The molecule has 0 aromatic carbocycles. The van der Waals surface area contributed by atoms with Gasteiger partial charge in [-0.25, -0.2) is 13.4 Å². The van der Waals surface area contributed by atoms with Crippen molar-refractivity contribution in [2.75, 3.05) is 18.4 Å². The van der Waals surface area contributed by atoms with E-state index in [1.54, 1.807) is 31.6 Å². The van der Waals surface area contributed by atoms with Crippen molar-refractivity contribution >= 4 is 27.0 Å². The summed E-state index contributed by atoms with van der Waals surface area (Å²) in [5.74, 6) is 2.02. The van der Waals surface area contributed by atoms with Crippen LogP contribution in [0.2, 0.25) is 0 Å². The average molecular weight is 470 g/mol. The molecule has 2 saturated carbocycles. The number of aromatic nitrogens is 5. The first kappa shape index (κ1) is 20.8. The molecule has 3 aromatic rings. The zero-order valence-corrected chi connectivity index (χ0v) is 19.3. The van der Waals surface area contributed by atoms with Crippen LogP contribution < -0.4 is 10.9 Å². The molecule has 2 atom stereocenters. The SMILES string of the molecule is Cn1ccc(S(=O)(=O)N2CCC(Nc3ncc4ccc(=O)n(C5CC6CC6C5)c4n3)CC2)n1. The van der Waals surface area contributed by atoms with Crippen LogP contribution in [0.4, 0.5) is 5.95 Å². The first-order valence-corrected chi connectivity index (χ1v) is 13.0. The van der Waals surface area contributed by atoms with Crippen LogP contribution in [-0.2, 0) is 17.1 Å². The number of sulfonamides is 1. The molecule has 2 aliphatic carbocycles. The molecule has 1 aliphatic heterocycles. The van der Waals surface area contributed by atoms with Crippen LogP contribution in [0.15, 0.2) is 40.4 Å². The summed E-state index contributed by atoms with van der Waals surface area (Å²) in [6.45, 7) is 0.805. The maximum atomic E-state index is 12.8. The number of nitrogens with zero attached hydrogens (tertiary/aromatic N) is 6. The molecule has 33 heavy (non-hydrogen) atoms. The van der Waals surface area contributed by atoms with Gasteiger partial charge in [-0.1, -0.05) is 0 Å². The fourth-order valence-electron chi connectivity index (χ4n) is 5.44. The Morgan fingerprint density at radius 1 is 1.06 bits per heavy atom. The maximum Gasteiger partial charge on any atom is 0.262 e. The van der Waals surface area contributed by atoms with Gasteiger partial charge in [-0.15, -0.1) is 0 Å². The number of piperidine rings is 1. The van der Waals surface area contributed by atoms with Crippen LogP contribution in [0.25, 0.3) is 11.0 Å². The topological polar surface area (TPSA) is 115 Å². The van der Waals surface area contributed by atoms with Gasteiger partial charge in [-0.2, -0.15) is 14.4 Å². The summed E-state index contributed by atoms with van der Waals surface area (Å²) in [6.07, 6.45) is 8.08. The van der Waals surface area contributed by atoms with Crippen molar-refractivity contribution < 1.29 is 8.42 Å². The zero-order chi connectivity index (χ0) is 22.7. The fraction of sp³-hybridized carbons (Fsp3) is 0.545. The highest BCUT2D eigenvalue weighted by atomic mass is 32.2. The molecule has 0 radical (unpaired) electrons. The molecule has 0 spiro atoms. The van der Waals surface area contributed by atoms with Gasteiger partial charge in [0.05, 0.1) is 0 Å². The van der Waals surface area contributed by atoms with Crippen LogP contribution in [0, 0.1) is 11.8 Å². The van der Waals surface area contributed by atoms with E-state index in [9.17, 15) is 13.2 Å². The second-order valence-corrected chi connectivity index (χ2v) is 11.4. The standard InChI is InChI=1S/C22H27N7O3S/c1-27-7-6-19(26-27)33(31,32)28-8-4-17(5-9-28)24-22-23-13-14-2-3-20(30)29(21(14)25-22)18-11-15-10-16(15)12-18/h2-3,6-7,13,15-18H,4-5,8-12H2,1H3,(H,23,24,25). The van der Waals surface area contributed by atoms with Gasteiger partial charge in [0, 0.05) is 56.1 Å². The molecule has 10 nitrogen and oxygen atoms in total. The third kappa shape index (κ3) is 3.72. The monoisotopic (exact) mass is 469 g/mol. The highest BCUT2D eigenvalue weighted by Crippen LogP contribution is 2.55. The molecule has 1 saturated heterocycles. The number of hydrogen-bond donors (Lipinski definition) is 1. The Kier molecular flexibility index (Phi) is 4.80. The Labute approximate surface area is 191 Å². The molecule has 1 N–H and O–H groups in total. The quantitative estimate of drug-likeness (QED) is 0.605. The largest absolute Gasteiger partial charge is 0.351 e. The summed E-state index contributed by atoms with van der Waals surface area (Å²) in [4.78, 5) is 21.9. The Bertz CT molecular complexity index is 1360. The molecule has 0 amide bonds. The van der Waals surface area contributed by atoms with Crippen molar-refractivity contribution in [3.8, 4) is 0 Å². The Balaban J connectivity index is 1.18. The number of pyridine rings is 1. The third-order valence-electron chi connectivity index (χ3n) is 7.33. The van der Waals surface area contributed by atoms with Crippen molar-refractivity contribution in [2.24, 2.45) is 18.9 Å². The molecule has 3 aliphatic rings. The molecule has 174 valence electrons. The summed E-state index contributed by atoms with van der Waals surface area (Å²) in [6, 6.07) is 5.19. The Hall–Kier alpha value is -2.79. The summed E-state index contributed by atoms with van der Waals surface area (Å²) in [5.41, 5.74) is 0.674. The zero-order valence-electron chi connectivity index (χ0n) is 18.5. The number of rotatable bonds is 5. The average Bonchev–Trinajstić information content (AvgIpc) is 3.16. The minimum Gasteiger partial charge on any atom is -0.351 e. The van der Waals surface area contributed by atoms with Crippen molar-refractivity contribution in [3.05, 3.63) is 40.9 Å². The van der Waals surface area contributed by atoms with E-state index in [2.05, 4.69) is 15.4 Å². The molecule has 3 fully saturated rings. The molecule has 2 unspecified atom stereocenters. The second kappa shape index (κ2) is 7.63. The maximum absolute atomic E-state index is 12.8. The van der Waals surface area contributed by atoms with Gasteiger partial charge in [-0.3, -0.25) is 14.0 Å². The van der Waals surface area contributed by atoms with Gasteiger partial charge in [0.25, 0.3) is 15.6 Å². The molecule has 3 aromatic heterocycles. The summed E-state index contributed by atoms with van der Waals surface area (Å²) in [7, 11) is -1.88. The summed E-state index contributed by atoms with van der Waals surface area (Å²) < 4.78 is 30.4. The summed E-state index contributed by atoms with van der Waals surface area (Å²) in [5, 5.41) is 8.36. The van der Waals surface area contributed by atoms with E-state index in [0.29, 0.717) is 37.5 Å². The van der Waals surface area contributed by atoms with Crippen LogP contribution >= 0.6 is 0 Å². The van der Waals surface area contributed by atoms with Gasteiger partial charge in [0.1, 0.15) is 5.65 Å². The predicted molar refractivity (Wildman–Crippen MR) is 122 cm³/mol. The van der Waals surface area contributed by atoms with Crippen LogP contribution in [-0.4, -0.2) is 56.2 Å². The van der Waals surface area contributed by atoms with Gasteiger partial charge in [0.2, 0.25) is 5.95 Å². The number of fused-ring (bicyclic) bond motifs is 2. The highest BCUT2D eigenvalue weighted by molar-refractivity contribution is 7.89. The van der Waals surface area contributed by atoms with E-state index in [-0.39, 0.29) is 22.7 Å². The van der Waals surface area contributed by atoms with Gasteiger partial charge < -0.3 is 5.32 Å². The number of nitrogens with one attached hydrogen (secondary N) is 1. The Morgan fingerprint density at radius 2 is 1.82 bits per heavy atom. The lowest BCUT2D eigenvalue weighted by molar-refractivity contribution is 0.328. The third-order valence-corrected chi connectivity index (χ3v) is 9.12. The first-order chi connectivity index (χ1) is 15.9. The van der Waals surface area contributed by atoms with E-state index in [1.165, 1.54) is 21.5 Å². The first-order valence-electron chi connectivity index (χ1n) is 11.5. The van der Waals surface area contributed by atoms with Crippen LogP contribution in [0.5, 0.6) is 0 Å². The molecule has 4 heterocycles. The normalized spacial score (nSPS) is 25.9. The van der Waals surface area contributed by atoms with Crippen molar-refractivity contribution in [2.45, 2.75) is 49.2 Å². The Morgan fingerprint density at radius 3 is 2.52 bits per heavy atom.